The Balaban J connectivity index is 1.10. The molecule has 8 heteroatoms. The van der Waals surface area contributed by atoms with Crippen LogP contribution in [0.5, 0.6) is 0 Å². The molecule has 1 aromatic heterocycles. The first-order valence-corrected chi connectivity index (χ1v) is 13.2. The molecule has 1 unspecified atom stereocenters. The molecule has 0 spiro atoms. The number of nitrogens with zero attached hydrogens (tertiary/aromatic N) is 5. The van der Waals surface area contributed by atoms with Gasteiger partial charge < -0.3 is 19.8 Å². The Bertz CT molecular complexity index is 1080. The number of hydrogen-bond acceptors (Lipinski definition) is 5. The lowest BCUT2D eigenvalue weighted by atomic mass is 9.91. The number of carbonyl (C=O) groups is 2. The van der Waals surface area contributed by atoms with Crippen LogP contribution in [-0.4, -0.2) is 93.5 Å². The molecule has 0 saturated carbocycles. The van der Waals surface area contributed by atoms with Gasteiger partial charge in [0.2, 0.25) is 5.91 Å². The zero-order valence-electron chi connectivity index (χ0n) is 21.2. The summed E-state index contributed by atoms with van der Waals surface area (Å²) in [6.07, 6.45) is 4.42. The van der Waals surface area contributed by atoms with Crippen molar-refractivity contribution in [1.82, 2.24) is 24.6 Å². The molecular weight excluding hydrogens is 454 g/mol. The number of aliphatic hydroxyl groups is 1. The second kappa shape index (κ2) is 11.0. The highest BCUT2D eigenvalue weighted by molar-refractivity contribution is 5.76. The fraction of sp³-hybridized carbons (Fsp3) is 0.536. The topological polar surface area (TPSA) is 80.2 Å². The Kier molecular flexibility index (Phi) is 7.53. The summed E-state index contributed by atoms with van der Waals surface area (Å²) in [4.78, 5) is 37.1. The van der Waals surface area contributed by atoms with Crippen molar-refractivity contribution in [2.45, 2.75) is 51.3 Å². The summed E-state index contributed by atoms with van der Waals surface area (Å²) in [5, 5.41) is 10.7. The minimum atomic E-state index is -0.568. The first kappa shape index (κ1) is 24.7. The fourth-order valence-corrected chi connectivity index (χ4v) is 5.77. The second-order valence-corrected chi connectivity index (χ2v) is 10.4. The zero-order valence-corrected chi connectivity index (χ0v) is 21.2. The molecule has 2 saturated heterocycles. The molecule has 3 aliphatic rings. The van der Waals surface area contributed by atoms with Crippen LogP contribution in [0.4, 0.5) is 4.79 Å². The molecule has 8 nitrogen and oxygen atoms in total. The van der Waals surface area contributed by atoms with Gasteiger partial charge in [-0.3, -0.25) is 14.7 Å². The van der Waals surface area contributed by atoms with Crippen molar-refractivity contribution in [3.8, 4) is 0 Å². The smallest absolute Gasteiger partial charge is 0.320 e. The quantitative estimate of drug-likeness (QED) is 0.644. The van der Waals surface area contributed by atoms with E-state index < -0.39 is 6.10 Å². The fourth-order valence-electron chi connectivity index (χ4n) is 5.77. The van der Waals surface area contributed by atoms with E-state index in [4.69, 9.17) is 0 Å². The molecule has 1 aromatic carbocycles. The minimum absolute atomic E-state index is 0.0340. The number of β-amino-alcohol motifs (C(OH)–C–C–N with tert-alkyl or cyclic N) is 1. The second-order valence-electron chi connectivity index (χ2n) is 10.4. The molecule has 0 radical (unpaired) electrons. The maximum Gasteiger partial charge on any atom is 0.320 e. The molecule has 2 fully saturated rings. The first-order chi connectivity index (χ1) is 17.5. The van der Waals surface area contributed by atoms with Crippen LogP contribution in [0, 0.1) is 0 Å². The van der Waals surface area contributed by atoms with Crippen molar-refractivity contribution in [1.29, 1.82) is 0 Å². The molecule has 0 bridgehead atoms. The highest BCUT2D eigenvalue weighted by atomic mass is 16.3. The Morgan fingerprint density at radius 3 is 2.64 bits per heavy atom. The number of benzene rings is 1. The van der Waals surface area contributed by atoms with Gasteiger partial charge in [0.15, 0.2) is 0 Å². The number of carbonyl (C=O) groups excluding carboxylic acids is 2. The molecule has 36 heavy (non-hydrogen) atoms. The number of aliphatic hydroxyl groups excluding tert-OH is 1. The monoisotopic (exact) mass is 491 g/mol. The van der Waals surface area contributed by atoms with E-state index in [1.807, 2.05) is 22.1 Å². The van der Waals surface area contributed by atoms with E-state index in [9.17, 15) is 14.7 Å². The summed E-state index contributed by atoms with van der Waals surface area (Å²) in [6.45, 7) is 7.67. The van der Waals surface area contributed by atoms with Crippen LogP contribution in [0.3, 0.4) is 0 Å². The van der Waals surface area contributed by atoms with Crippen molar-refractivity contribution in [2.75, 3.05) is 45.8 Å². The SMILES string of the molecule is CC(=O)N1CCCC(c2ccc(CN3CCN(C[C@H](O)CN4CCc5ccccc5C4)C3=O)nc2)C1. The average Bonchev–Trinajstić information content (AvgIpc) is 3.22. The molecule has 192 valence electrons. The Hall–Kier alpha value is -2.97. The third-order valence-electron chi connectivity index (χ3n) is 7.83. The standard InChI is InChI=1S/C28H37N5O3/c1-21(34)31-11-4-7-25(17-31)23-8-9-26(29-15-23)18-32-13-14-33(28(32)36)20-27(35)19-30-12-10-22-5-2-3-6-24(22)16-30/h2-3,5-6,8-9,15,25,27,35H,4,7,10-14,16-20H2,1H3/t25?,27-/m1/s1. The Morgan fingerprint density at radius 1 is 1.06 bits per heavy atom. The van der Waals surface area contributed by atoms with Crippen LogP contribution in [0.2, 0.25) is 0 Å². The average molecular weight is 492 g/mol. The molecule has 1 N–H and O–H groups in total. The Morgan fingerprint density at radius 2 is 1.86 bits per heavy atom. The van der Waals surface area contributed by atoms with Gasteiger partial charge in [-0.05, 0) is 42.0 Å². The number of hydrogen-bond donors (Lipinski definition) is 1. The van der Waals surface area contributed by atoms with Gasteiger partial charge in [0, 0.05) is 71.4 Å². The predicted octanol–water partition coefficient (Wildman–Crippen LogP) is 2.46. The van der Waals surface area contributed by atoms with E-state index in [1.165, 1.54) is 11.1 Å². The largest absolute Gasteiger partial charge is 0.390 e. The van der Waals surface area contributed by atoms with Crippen LogP contribution >= 0.6 is 0 Å². The van der Waals surface area contributed by atoms with E-state index >= 15 is 0 Å². The lowest BCUT2D eigenvalue weighted by Crippen LogP contribution is -2.43. The van der Waals surface area contributed by atoms with Crippen LogP contribution < -0.4 is 0 Å². The van der Waals surface area contributed by atoms with Gasteiger partial charge in [-0.2, -0.15) is 0 Å². The lowest BCUT2D eigenvalue weighted by Gasteiger charge is -2.32. The summed E-state index contributed by atoms with van der Waals surface area (Å²) in [5.74, 6) is 0.454. The van der Waals surface area contributed by atoms with Gasteiger partial charge in [-0.15, -0.1) is 0 Å². The summed E-state index contributed by atoms with van der Waals surface area (Å²) in [7, 11) is 0. The van der Waals surface area contributed by atoms with Crippen LogP contribution in [0.1, 0.15) is 48.1 Å². The van der Waals surface area contributed by atoms with Gasteiger partial charge in [0.1, 0.15) is 0 Å². The molecule has 3 aliphatic heterocycles. The number of fused-ring (bicyclic) bond motifs is 1. The molecule has 0 aliphatic carbocycles. The van der Waals surface area contributed by atoms with Crippen LogP contribution in [-0.2, 0) is 24.3 Å². The van der Waals surface area contributed by atoms with E-state index in [2.05, 4.69) is 40.2 Å². The van der Waals surface area contributed by atoms with Crippen LogP contribution in [0.15, 0.2) is 42.6 Å². The number of likely N-dealkylation sites (tertiary alicyclic amines) is 1. The number of piperidine rings is 1. The van der Waals surface area contributed by atoms with Gasteiger partial charge in [0.05, 0.1) is 18.3 Å². The van der Waals surface area contributed by atoms with E-state index in [0.717, 1.165) is 56.7 Å². The summed E-state index contributed by atoms with van der Waals surface area (Å²) in [6, 6.07) is 12.5. The zero-order chi connectivity index (χ0) is 25.1. The lowest BCUT2D eigenvalue weighted by molar-refractivity contribution is -0.130. The maximum absolute atomic E-state index is 13.0. The van der Waals surface area contributed by atoms with Crippen molar-refractivity contribution >= 4 is 11.9 Å². The maximum atomic E-state index is 13.0. The van der Waals surface area contributed by atoms with Crippen LogP contribution in [0.25, 0.3) is 0 Å². The molecule has 4 heterocycles. The molecule has 2 atom stereocenters. The normalized spacial score (nSPS) is 21.6. The van der Waals surface area contributed by atoms with Crippen molar-refractivity contribution in [3.63, 3.8) is 0 Å². The van der Waals surface area contributed by atoms with Gasteiger partial charge in [0.25, 0.3) is 0 Å². The summed E-state index contributed by atoms with van der Waals surface area (Å²) in [5.41, 5.74) is 4.74. The van der Waals surface area contributed by atoms with Crippen molar-refractivity contribution in [2.24, 2.45) is 0 Å². The number of aromatic nitrogens is 1. The van der Waals surface area contributed by atoms with E-state index in [1.54, 1.807) is 11.8 Å². The molecule has 3 amide bonds. The molecule has 5 rings (SSSR count). The number of rotatable bonds is 7. The van der Waals surface area contributed by atoms with E-state index in [-0.39, 0.29) is 11.9 Å². The molecular formula is C28H37N5O3. The molecule has 2 aromatic rings. The highest BCUT2D eigenvalue weighted by Gasteiger charge is 2.31. The summed E-state index contributed by atoms with van der Waals surface area (Å²) >= 11 is 0. The van der Waals surface area contributed by atoms with Gasteiger partial charge in [-0.1, -0.05) is 30.3 Å². The highest BCUT2D eigenvalue weighted by Crippen LogP contribution is 2.27. The third kappa shape index (κ3) is 5.71. The Labute approximate surface area is 213 Å². The number of amides is 3. The number of pyridine rings is 1. The van der Waals surface area contributed by atoms with Gasteiger partial charge >= 0.3 is 6.03 Å². The first-order valence-electron chi connectivity index (χ1n) is 13.2. The van der Waals surface area contributed by atoms with Crippen molar-refractivity contribution < 1.29 is 14.7 Å². The van der Waals surface area contributed by atoms with E-state index in [0.29, 0.717) is 38.6 Å². The summed E-state index contributed by atoms with van der Waals surface area (Å²) < 4.78 is 0. The predicted molar refractivity (Wildman–Crippen MR) is 137 cm³/mol. The van der Waals surface area contributed by atoms with Crippen molar-refractivity contribution in [3.05, 3.63) is 65.0 Å². The minimum Gasteiger partial charge on any atom is -0.390 e. The number of urea groups is 1. The third-order valence-corrected chi connectivity index (χ3v) is 7.83. The van der Waals surface area contributed by atoms with Gasteiger partial charge in [-0.25, -0.2) is 4.79 Å².